The summed E-state index contributed by atoms with van der Waals surface area (Å²) in [4.78, 5) is 18.3. The fraction of sp³-hybridized carbons (Fsp3) is 0.231. The first-order valence-corrected chi connectivity index (χ1v) is 5.98. The van der Waals surface area contributed by atoms with Crippen LogP contribution in [0.25, 0.3) is 11.3 Å². The van der Waals surface area contributed by atoms with Gasteiger partial charge in [-0.25, -0.2) is 4.79 Å². The molecule has 86 valence electrons. The average molecular weight is 247 g/mol. The third-order valence-corrected chi connectivity index (χ3v) is 3.26. The topological polar surface area (TPSA) is 45.8 Å². The minimum absolute atomic E-state index is 0.302. The molecule has 1 aliphatic rings. The molecule has 0 spiro atoms. The molecule has 17 heavy (non-hydrogen) atoms. The van der Waals surface area contributed by atoms with Crippen molar-refractivity contribution in [1.82, 2.24) is 9.97 Å². The SMILES string of the molecule is O=c1nc(-c2ccccc2Cl)cc(C2CC2)[nH]1. The number of aromatic amines is 1. The first-order valence-electron chi connectivity index (χ1n) is 5.60. The predicted octanol–water partition coefficient (Wildman–Crippen LogP) is 2.97. The molecule has 0 atom stereocenters. The smallest absolute Gasteiger partial charge is 0.309 e. The first kappa shape index (κ1) is 10.5. The van der Waals surface area contributed by atoms with Gasteiger partial charge in [-0.1, -0.05) is 29.8 Å². The standard InChI is InChI=1S/C13H11ClN2O/c14-10-4-2-1-3-9(10)12-7-11(8-5-6-8)15-13(17)16-12/h1-4,7-8H,5-6H2,(H,15,16,17). The molecule has 1 fully saturated rings. The molecule has 2 aromatic rings. The molecule has 0 saturated heterocycles. The van der Waals surface area contributed by atoms with Gasteiger partial charge in [0.25, 0.3) is 0 Å². The Kier molecular flexibility index (Phi) is 2.48. The molecule has 1 heterocycles. The van der Waals surface area contributed by atoms with Crippen LogP contribution in [-0.4, -0.2) is 9.97 Å². The highest BCUT2D eigenvalue weighted by Crippen LogP contribution is 2.39. The van der Waals surface area contributed by atoms with Crippen LogP contribution in [-0.2, 0) is 0 Å². The van der Waals surface area contributed by atoms with Gasteiger partial charge in [0.05, 0.1) is 5.69 Å². The Morgan fingerprint density at radius 3 is 2.76 bits per heavy atom. The monoisotopic (exact) mass is 246 g/mol. The number of nitrogens with zero attached hydrogens (tertiary/aromatic N) is 1. The van der Waals surface area contributed by atoms with E-state index in [1.165, 1.54) is 0 Å². The summed E-state index contributed by atoms with van der Waals surface area (Å²) in [7, 11) is 0. The summed E-state index contributed by atoms with van der Waals surface area (Å²) in [5.74, 6) is 0.493. The van der Waals surface area contributed by atoms with Crippen LogP contribution in [0.3, 0.4) is 0 Å². The van der Waals surface area contributed by atoms with E-state index in [0.717, 1.165) is 24.1 Å². The van der Waals surface area contributed by atoms with Crippen LogP contribution in [0.15, 0.2) is 35.1 Å². The maximum Gasteiger partial charge on any atom is 0.345 e. The number of H-pyrrole nitrogens is 1. The van der Waals surface area contributed by atoms with Gasteiger partial charge < -0.3 is 4.98 Å². The van der Waals surface area contributed by atoms with Gasteiger partial charge in [-0.2, -0.15) is 4.98 Å². The van der Waals surface area contributed by atoms with Gasteiger partial charge >= 0.3 is 5.69 Å². The van der Waals surface area contributed by atoms with E-state index < -0.39 is 0 Å². The maximum absolute atomic E-state index is 11.5. The number of aromatic nitrogens is 2. The van der Waals surface area contributed by atoms with E-state index >= 15 is 0 Å². The van der Waals surface area contributed by atoms with E-state index in [0.29, 0.717) is 16.6 Å². The molecule has 0 radical (unpaired) electrons. The highest BCUT2D eigenvalue weighted by atomic mass is 35.5. The van der Waals surface area contributed by atoms with Crippen molar-refractivity contribution in [2.24, 2.45) is 0 Å². The number of benzene rings is 1. The van der Waals surface area contributed by atoms with Crippen molar-refractivity contribution in [1.29, 1.82) is 0 Å². The largest absolute Gasteiger partial charge is 0.345 e. The number of nitrogens with one attached hydrogen (secondary N) is 1. The van der Waals surface area contributed by atoms with E-state index in [1.807, 2.05) is 24.3 Å². The molecule has 1 N–H and O–H groups in total. The lowest BCUT2D eigenvalue weighted by Gasteiger charge is -2.04. The fourth-order valence-electron chi connectivity index (χ4n) is 1.90. The van der Waals surface area contributed by atoms with E-state index in [2.05, 4.69) is 9.97 Å². The predicted molar refractivity (Wildman–Crippen MR) is 67.3 cm³/mol. The summed E-state index contributed by atoms with van der Waals surface area (Å²) in [5, 5.41) is 0.618. The highest BCUT2D eigenvalue weighted by Gasteiger charge is 2.25. The Morgan fingerprint density at radius 2 is 2.06 bits per heavy atom. The van der Waals surface area contributed by atoms with Crippen molar-refractivity contribution in [2.75, 3.05) is 0 Å². The third kappa shape index (κ3) is 2.11. The van der Waals surface area contributed by atoms with Crippen LogP contribution >= 0.6 is 11.6 Å². The third-order valence-electron chi connectivity index (χ3n) is 2.93. The van der Waals surface area contributed by atoms with Crippen molar-refractivity contribution in [2.45, 2.75) is 18.8 Å². The van der Waals surface area contributed by atoms with Crippen molar-refractivity contribution in [3.63, 3.8) is 0 Å². The highest BCUT2D eigenvalue weighted by molar-refractivity contribution is 6.33. The van der Waals surface area contributed by atoms with Crippen LogP contribution in [0.4, 0.5) is 0 Å². The summed E-state index contributed by atoms with van der Waals surface area (Å²) in [6.07, 6.45) is 2.28. The quantitative estimate of drug-likeness (QED) is 0.886. The summed E-state index contributed by atoms with van der Waals surface area (Å²) in [6, 6.07) is 9.36. The van der Waals surface area contributed by atoms with Crippen molar-refractivity contribution >= 4 is 11.6 Å². The molecular weight excluding hydrogens is 236 g/mol. The molecule has 0 amide bonds. The molecule has 0 bridgehead atoms. The lowest BCUT2D eigenvalue weighted by molar-refractivity contribution is 0.951. The normalized spacial score (nSPS) is 14.9. The molecule has 1 saturated carbocycles. The zero-order valence-electron chi connectivity index (χ0n) is 9.11. The van der Waals surface area contributed by atoms with Crippen LogP contribution < -0.4 is 5.69 Å². The molecule has 4 heteroatoms. The van der Waals surface area contributed by atoms with Crippen LogP contribution in [0.5, 0.6) is 0 Å². The first-order chi connectivity index (χ1) is 8.24. The van der Waals surface area contributed by atoms with E-state index in [1.54, 1.807) is 6.07 Å². The maximum atomic E-state index is 11.5. The Morgan fingerprint density at radius 1 is 1.29 bits per heavy atom. The summed E-state index contributed by atoms with van der Waals surface area (Å²) in [6.45, 7) is 0. The zero-order valence-corrected chi connectivity index (χ0v) is 9.87. The molecule has 3 rings (SSSR count). The number of rotatable bonds is 2. The van der Waals surface area contributed by atoms with Crippen molar-refractivity contribution in [3.8, 4) is 11.3 Å². The van der Waals surface area contributed by atoms with E-state index in [-0.39, 0.29) is 5.69 Å². The van der Waals surface area contributed by atoms with Gasteiger partial charge in [-0.05, 0) is 30.9 Å². The van der Waals surface area contributed by atoms with Gasteiger partial charge in [0.1, 0.15) is 0 Å². The Hall–Kier alpha value is -1.61. The Balaban J connectivity index is 2.14. The van der Waals surface area contributed by atoms with E-state index in [4.69, 9.17) is 11.6 Å². The van der Waals surface area contributed by atoms with Crippen molar-refractivity contribution < 1.29 is 0 Å². The van der Waals surface area contributed by atoms with Crippen molar-refractivity contribution in [3.05, 3.63) is 51.5 Å². The molecule has 0 aliphatic heterocycles. The minimum Gasteiger partial charge on any atom is -0.309 e. The van der Waals surface area contributed by atoms with Crippen LogP contribution in [0.2, 0.25) is 5.02 Å². The Bertz CT molecular complexity index is 617. The van der Waals surface area contributed by atoms with Gasteiger partial charge in [0.2, 0.25) is 0 Å². The summed E-state index contributed by atoms with van der Waals surface area (Å²) in [5.41, 5.74) is 2.13. The minimum atomic E-state index is -0.302. The summed E-state index contributed by atoms with van der Waals surface area (Å²) >= 11 is 6.11. The lowest BCUT2D eigenvalue weighted by Crippen LogP contribution is -2.13. The van der Waals surface area contributed by atoms with Crippen LogP contribution in [0, 0.1) is 0 Å². The Labute approximate surface area is 103 Å². The molecule has 1 aromatic heterocycles. The van der Waals surface area contributed by atoms with Gasteiger partial charge in [0.15, 0.2) is 0 Å². The molecule has 0 unspecified atom stereocenters. The second-order valence-corrected chi connectivity index (χ2v) is 4.69. The number of halogens is 1. The average Bonchev–Trinajstić information content (AvgIpc) is 3.12. The molecule has 3 nitrogen and oxygen atoms in total. The molecule has 1 aromatic carbocycles. The zero-order chi connectivity index (χ0) is 11.8. The molecule has 1 aliphatic carbocycles. The lowest BCUT2D eigenvalue weighted by atomic mass is 10.1. The summed E-state index contributed by atoms with van der Waals surface area (Å²) < 4.78 is 0. The van der Waals surface area contributed by atoms with Gasteiger partial charge in [-0.3, -0.25) is 0 Å². The molecular formula is C13H11ClN2O. The second kappa shape index (κ2) is 4.00. The number of hydrogen-bond acceptors (Lipinski definition) is 2. The van der Waals surface area contributed by atoms with Crippen LogP contribution in [0.1, 0.15) is 24.5 Å². The van der Waals surface area contributed by atoms with Gasteiger partial charge in [0, 0.05) is 16.3 Å². The second-order valence-electron chi connectivity index (χ2n) is 4.28. The van der Waals surface area contributed by atoms with Gasteiger partial charge in [-0.15, -0.1) is 0 Å². The van der Waals surface area contributed by atoms with E-state index in [9.17, 15) is 4.79 Å². The fourth-order valence-corrected chi connectivity index (χ4v) is 2.13. The number of hydrogen-bond donors (Lipinski definition) is 1.